The molecule has 5 aromatic rings. The van der Waals surface area contributed by atoms with Gasteiger partial charge in [-0.15, -0.1) is 11.3 Å². The van der Waals surface area contributed by atoms with Crippen LogP contribution in [-0.4, -0.2) is 28.4 Å². The fraction of sp³-hybridized carbons (Fsp3) is 0.148. The number of urea groups is 1. The van der Waals surface area contributed by atoms with Crippen molar-refractivity contribution in [1.82, 2.24) is 15.3 Å². The fourth-order valence-corrected chi connectivity index (χ4v) is 5.63. The second kappa shape index (κ2) is 8.76. The van der Waals surface area contributed by atoms with E-state index in [2.05, 4.69) is 57.7 Å². The van der Waals surface area contributed by atoms with Crippen LogP contribution < -0.4 is 10.2 Å². The molecule has 168 valence electrons. The number of nitrogens with one attached hydrogen (secondary N) is 2. The summed E-state index contributed by atoms with van der Waals surface area (Å²) in [4.78, 5) is 28.5. The first-order valence-corrected chi connectivity index (χ1v) is 12.2. The van der Waals surface area contributed by atoms with E-state index in [0.29, 0.717) is 12.4 Å². The lowest BCUT2D eigenvalue weighted by molar-refractivity contribution is 0.252. The van der Waals surface area contributed by atoms with Gasteiger partial charge in [0.1, 0.15) is 11.9 Å². The predicted molar refractivity (Wildman–Crippen MR) is 139 cm³/mol. The third-order valence-corrected chi connectivity index (χ3v) is 7.29. The zero-order valence-electron chi connectivity index (χ0n) is 18.4. The molecule has 34 heavy (non-hydrogen) atoms. The van der Waals surface area contributed by atoms with E-state index >= 15 is 0 Å². The van der Waals surface area contributed by atoms with Crippen LogP contribution in [0.15, 0.2) is 90.2 Å². The van der Waals surface area contributed by atoms with Gasteiger partial charge in [0, 0.05) is 21.8 Å². The largest absolute Gasteiger partial charge is 0.345 e. The molecular weight excluding hydrogens is 442 g/mol. The lowest BCUT2D eigenvalue weighted by Crippen LogP contribution is -2.29. The first-order valence-electron chi connectivity index (χ1n) is 11.4. The molecule has 2 amide bonds. The van der Waals surface area contributed by atoms with E-state index in [-0.39, 0.29) is 12.1 Å². The molecule has 6 rings (SSSR count). The Balaban J connectivity index is 1.35. The Morgan fingerprint density at radius 3 is 2.74 bits per heavy atom. The van der Waals surface area contributed by atoms with Crippen molar-refractivity contribution in [2.75, 3.05) is 11.4 Å². The number of aromatic nitrogens is 2. The van der Waals surface area contributed by atoms with Crippen LogP contribution in [0.1, 0.15) is 22.9 Å². The monoisotopic (exact) mass is 465 g/mol. The number of amides is 2. The number of anilines is 1. The second-order valence-electron chi connectivity index (χ2n) is 8.35. The van der Waals surface area contributed by atoms with Gasteiger partial charge >= 0.3 is 6.03 Å². The van der Waals surface area contributed by atoms with Crippen LogP contribution in [-0.2, 0) is 6.42 Å². The Bertz CT molecular complexity index is 1470. The number of amidine groups is 1. The van der Waals surface area contributed by atoms with Crippen LogP contribution in [0.25, 0.3) is 21.1 Å². The average molecular weight is 466 g/mol. The van der Waals surface area contributed by atoms with E-state index < -0.39 is 0 Å². The minimum absolute atomic E-state index is 0.167. The maximum Gasteiger partial charge on any atom is 0.328 e. The van der Waals surface area contributed by atoms with Crippen molar-refractivity contribution in [3.63, 3.8) is 0 Å². The fourth-order valence-electron chi connectivity index (χ4n) is 4.47. The van der Waals surface area contributed by atoms with Crippen molar-refractivity contribution in [3.05, 3.63) is 95.6 Å². The summed E-state index contributed by atoms with van der Waals surface area (Å²) < 4.78 is 1.20. The van der Waals surface area contributed by atoms with Gasteiger partial charge in [0.05, 0.1) is 17.4 Å². The van der Waals surface area contributed by atoms with E-state index in [9.17, 15) is 4.79 Å². The molecule has 6 nitrogen and oxygen atoms in total. The number of aromatic amines is 1. The van der Waals surface area contributed by atoms with Crippen molar-refractivity contribution in [1.29, 1.82) is 0 Å². The maximum absolute atomic E-state index is 13.2. The number of aryl methyl sites for hydroxylation is 1. The number of benzene rings is 3. The summed E-state index contributed by atoms with van der Waals surface area (Å²) >= 11 is 1.70. The zero-order chi connectivity index (χ0) is 22.9. The number of hydrogen-bond acceptors (Lipinski definition) is 4. The van der Waals surface area contributed by atoms with Gasteiger partial charge < -0.3 is 4.98 Å². The van der Waals surface area contributed by atoms with Crippen molar-refractivity contribution in [2.45, 2.75) is 18.9 Å². The number of nitrogens with zero attached hydrogens (tertiary/aromatic N) is 3. The van der Waals surface area contributed by atoms with Gasteiger partial charge in [-0.2, -0.15) is 0 Å². The molecule has 1 unspecified atom stereocenters. The molecule has 0 bridgehead atoms. The minimum atomic E-state index is -0.294. The van der Waals surface area contributed by atoms with Crippen LogP contribution in [0.2, 0.25) is 0 Å². The molecule has 2 N–H and O–H groups in total. The number of imidazole rings is 1. The van der Waals surface area contributed by atoms with E-state index in [0.717, 1.165) is 34.4 Å². The van der Waals surface area contributed by atoms with Gasteiger partial charge in [0.2, 0.25) is 0 Å². The molecule has 0 saturated carbocycles. The number of thiophene rings is 1. The standard InChI is InChI=1S/C27H23N5OS/c33-27-31-26(28-14-6-9-18-7-2-1-3-8-18)25(24-15-19-10-4-5-11-23(19)34-24)32(27)20-12-13-21-22(16-20)30-17-29-21/h1-5,7-8,10-13,15-17,25H,6,9,14H2,(H,29,30)(H,28,31,33). The number of H-pyrrole nitrogens is 1. The molecule has 0 radical (unpaired) electrons. The number of rotatable bonds is 6. The quantitative estimate of drug-likeness (QED) is 0.298. The Morgan fingerprint density at radius 2 is 1.85 bits per heavy atom. The van der Waals surface area contributed by atoms with Crippen molar-refractivity contribution < 1.29 is 4.79 Å². The molecule has 1 aliphatic heterocycles. The predicted octanol–water partition coefficient (Wildman–Crippen LogP) is 6.08. The van der Waals surface area contributed by atoms with Crippen LogP contribution in [0.5, 0.6) is 0 Å². The molecule has 1 atom stereocenters. The lowest BCUT2D eigenvalue weighted by atomic mass is 10.1. The summed E-state index contributed by atoms with van der Waals surface area (Å²) in [7, 11) is 0. The molecule has 3 heterocycles. The molecule has 0 aliphatic carbocycles. The molecule has 1 fully saturated rings. The normalized spacial score (nSPS) is 17.2. The topological polar surface area (TPSA) is 73.4 Å². The van der Waals surface area contributed by atoms with Gasteiger partial charge in [0.15, 0.2) is 0 Å². The SMILES string of the molecule is O=C1N/C(=N/CCCc2ccccc2)C(c2cc3ccccc3s2)N1c1ccc2[nH]cnc2c1. The van der Waals surface area contributed by atoms with Crippen molar-refractivity contribution >= 4 is 50.0 Å². The Morgan fingerprint density at radius 1 is 1.00 bits per heavy atom. The Kier molecular flexibility index (Phi) is 5.31. The van der Waals surface area contributed by atoms with Gasteiger partial charge in [0.25, 0.3) is 0 Å². The first kappa shape index (κ1) is 20.6. The molecule has 0 spiro atoms. The summed E-state index contributed by atoms with van der Waals surface area (Å²) in [6.45, 7) is 0.651. The highest BCUT2D eigenvalue weighted by molar-refractivity contribution is 7.19. The highest BCUT2D eigenvalue weighted by Crippen LogP contribution is 2.38. The molecule has 2 aromatic heterocycles. The number of fused-ring (bicyclic) bond motifs is 2. The summed E-state index contributed by atoms with van der Waals surface area (Å²) in [5.74, 6) is 0.701. The molecule has 7 heteroatoms. The molecule has 1 saturated heterocycles. The van der Waals surface area contributed by atoms with Crippen LogP contribution in [0.4, 0.5) is 10.5 Å². The van der Waals surface area contributed by atoms with E-state index in [4.69, 9.17) is 4.99 Å². The highest BCUT2D eigenvalue weighted by Gasteiger charge is 2.39. The summed E-state index contributed by atoms with van der Waals surface area (Å²) in [6, 6.07) is 26.3. The first-order chi connectivity index (χ1) is 16.8. The van der Waals surface area contributed by atoms with Gasteiger partial charge in [-0.3, -0.25) is 15.2 Å². The lowest BCUT2D eigenvalue weighted by Gasteiger charge is -2.22. The second-order valence-corrected chi connectivity index (χ2v) is 9.46. The third kappa shape index (κ3) is 3.84. The maximum atomic E-state index is 13.2. The molecule has 1 aliphatic rings. The Hall–Kier alpha value is -3.97. The minimum Gasteiger partial charge on any atom is -0.345 e. The Labute approximate surface area is 201 Å². The summed E-state index contributed by atoms with van der Waals surface area (Å²) in [6.07, 6.45) is 3.54. The molecular formula is C27H23N5OS. The number of hydrogen-bond donors (Lipinski definition) is 2. The van der Waals surface area contributed by atoms with Crippen LogP contribution in [0.3, 0.4) is 0 Å². The van der Waals surface area contributed by atoms with Crippen LogP contribution in [0, 0.1) is 0 Å². The number of carbonyl (C=O) groups is 1. The average Bonchev–Trinajstić information content (AvgIpc) is 3.58. The summed E-state index contributed by atoms with van der Waals surface area (Å²) in [5.41, 5.74) is 3.87. The highest BCUT2D eigenvalue weighted by atomic mass is 32.1. The smallest absolute Gasteiger partial charge is 0.328 e. The van der Waals surface area contributed by atoms with E-state index in [1.54, 1.807) is 22.6 Å². The van der Waals surface area contributed by atoms with E-state index in [1.807, 2.05) is 36.4 Å². The van der Waals surface area contributed by atoms with Crippen LogP contribution >= 0.6 is 11.3 Å². The van der Waals surface area contributed by atoms with E-state index in [1.165, 1.54) is 15.6 Å². The van der Waals surface area contributed by atoms with Crippen molar-refractivity contribution in [2.24, 2.45) is 4.99 Å². The number of carbonyl (C=O) groups excluding carboxylic acids is 1. The van der Waals surface area contributed by atoms with Gasteiger partial charge in [-0.05, 0) is 54.1 Å². The summed E-state index contributed by atoms with van der Waals surface area (Å²) in [5, 5.41) is 4.23. The van der Waals surface area contributed by atoms with Gasteiger partial charge in [-0.1, -0.05) is 48.5 Å². The van der Waals surface area contributed by atoms with Gasteiger partial charge in [-0.25, -0.2) is 9.78 Å². The molecule has 3 aromatic carbocycles. The zero-order valence-corrected chi connectivity index (χ0v) is 19.3. The van der Waals surface area contributed by atoms with Crippen molar-refractivity contribution in [3.8, 4) is 0 Å². The number of aliphatic imine (C=N–C) groups is 1. The third-order valence-electron chi connectivity index (χ3n) is 6.12.